The first-order valence-corrected chi connectivity index (χ1v) is 9.16. The first-order chi connectivity index (χ1) is 10.6. The molecule has 0 bridgehead atoms. The predicted molar refractivity (Wildman–Crippen MR) is 96.6 cm³/mol. The van der Waals surface area contributed by atoms with E-state index in [9.17, 15) is 8.42 Å². The summed E-state index contributed by atoms with van der Waals surface area (Å²) in [6.07, 6.45) is 2.39. The van der Waals surface area contributed by atoms with Crippen LogP contribution in [0.25, 0.3) is 0 Å². The van der Waals surface area contributed by atoms with Gasteiger partial charge in [0.2, 0.25) is 10.0 Å². The van der Waals surface area contributed by atoms with Crippen LogP contribution >= 0.6 is 0 Å². The molecule has 0 saturated carbocycles. The Bertz CT molecular complexity index is 686. The van der Waals surface area contributed by atoms with Crippen molar-refractivity contribution in [3.8, 4) is 11.8 Å². The van der Waals surface area contributed by atoms with Crippen molar-refractivity contribution in [2.45, 2.75) is 52.0 Å². The first kappa shape index (κ1) is 19.5. The van der Waals surface area contributed by atoms with Crippen molar-refractivity contribution in [2.75, 3.05) is 6.54 Å². The van der Waals surface area contributed by atoms with E-state index in [1.54, 1.807) is 25.1 Å². The normalized spacial score (nSPS) is 13.3. The smallest absolute Gasteiger partial charge is 0.207 e. The monoisotopic (exact) mass is 333 g/mol. The van der Waals surface area contributed by atoms with E-state index in [1.165, 1.54) is 4.31 Å². The number of hydrogen-bond donors (Lipinski definition) is 0. The Morgan fingerprint density at radius 2 is 1.83 bits per heavy atom. The summed E-state index contributed by atoms with van der Waals surface area (Å²) < 4.78 is 27.5. The molecule has 1 aromatic carbocycles. The molecule has 1 atom stereocenters. The summed E-state index contributed by atoms with van der Waals surface area (Å²) in [5.74, 6) is 5.67. The molecule has 0 amide bonds. The zero-order valence-electron chi connectivity index (χ0n) is 14.8. The van der Waals surface area contributed by atoms with Gasteiger partial charge < -0.3 is 0 Å². The lowest BCUT2D eigenvalue weighted by atomic mass is 9.88. The molecule has 1 rings (SSSR count). The number of hydrogen-bond acceptors (Lipinski definition) is 2. The van der Waals surface area contributed by atoms with Gasteiger partial charge in [0.1, 0.15) is 0 Å². The zero-order valence-corrected chi connectivity index (χ0v) is 15.6. The molecule has 0 N–H and O–H groups in total. The molecule has 0 aliphatic carbocycles. The minimum absolute atomic E-state index is 0.0143. The van der Waals surface area contributed by atoms with Gasteiger partial charge in [0.25, 0.3) is 0 Å². The molecule has 126 valence electrons. The van der Waals surface area contributed by atoms with E-state index in [0.717, 1.165) is 5.56 Å². The van der Waals surface area contributed by atoms with Crippen molar-refractivity contribution < 1.29 is 8.42 Å². The fraction of sp³-hybridized carbons (Fsp3) is 0.474. The van der Waals surface area contributed by atoms with Gasteiger partial charge in [-0.1, -0.05) is 50.5 Å². The third-order valence-corrected chi connectivity index (χ3v) is 5.39. The van der Waals surface area contributed by atoms with E-state index in [0.29, 0.717) is 11.3 Å². The third kappa shape index (κ3) is 5.53. The zero-order chi connectivity index (χ0) is 17.7. The predicted octanol–water partition coefficient (Wildman–Crippen LogP) is 4.00. The molecule has 1 aromatic rings. The van der Waals surface area contributed by atoms with Crippen LogP contribution in [0.4, 0.5) is 0 Å². The van der Waals surface area contributed by atoms with Crippen LogP contribution in [0.15, 0.2) is 41.8 Å². The second kappa shape index (κ2) is 7.81. The van der Waals surface area contributed by atoms with Gasteiger partial charge in [0.15, 0.2) is 0 Å². The standard InChI is InChI=1S/C19H27NO2S/c1-7-9-14-20(17(8-2)15-19(4,5)6)23(21,22)18-12-10-16(3)11-13-18/h8,10-13,17H,2,14-15H2,1,3-6H3. The lowest BCUT2D eigenvalue weighted by molar-refractivity contribution is 0.277. The summed E-state index contributed by atoms with van der Waals surface area (Å²) in [6.45, 7) is 13.9. The van der Waals surface area contributed by atoms with Crippen LogP contribution in [-0.2, 0) is 10.0 Å². The van der Waals surface area contributed by atoms with Crippen LogP contribution in [0.2, 0.25) is 0 Å². The average molecular weight is 333 g/mol. The van der Waals surface area contributed by atoms with Crippen LogP contribution in [-0.4, -0.2) is 25.3 Å². The number of aryl methyl sites for hydroxylation is 1. The average Bonchev–Trinajstić information content (AvgIpc) is 2.45. The lowest BCUT2D eigenvalue weighted by Crippen LogP contribution is -2.41. The van der Waals surface area contributed by atoms with E-state index in [4.69, 9.17) is 0 Å². The molecule has 0 saturated heterocycles. The topological polar surface area (TPSA) is 37.4 Å². The molecule has 23 heavy (non-hydrogen) atoms. The van der Waals surface area contributed by atoms with E-state index in [1.807, 2.05) is 19.1 Å². The minimum Gasteiger partial charge on any atom is -0.207 e. The molecule has 0 aliphatic rings. The van der Waals surface area contributed by atoms with E-state index in [2.05, 4.69) is 39.2 Å². The third-order valence-electron chi connectivity index (χ3n) is 3.50. The summed E-state index contributed by atoms with van der Waals surface area (Å²) in [5.41, 5.74) is 1.01. The SMILES string of the molecule is C=CC(CC(C)(C)C)N(CC#CC)S(=O)(=O)c1ccc(C)cc1. The summed E-state index contributed by atoms with van der Waals surface area (Å²) in [6, 6.07) is 6.62. The largest absolute Gasteiger partial charge is 0.244 e. The second-order valence-electron chi connectivity index (χ2n) is 6.86. The van der Waals surface area contributed by atoms with Gasteiger partial charge in [-0.3, -0.25) is 0 Å². The molecular formula is C19H27NO2S. The highest BCUT2D eigenvalue weighted by Crippen LogP contribution is 2.28. The summed E-state index contributed by atoms with van der Waals surface area (Å²) in [5, 5.41) is 0. The Morgan fingerprint density at radius 1 is 1.26 bits per heavy atom. The highest BCUT2D eigenvalue weighted by Gasteiger charge is 2.31. The van der Waals surface area contributed by atoms with Crippen LogP contribution in [0.1, 0.15) is 39.7 Å². The highest BCUT2D eigenvalue weighted by atomic mass is 32.2. The van der Waals surface area contributed by atoms with Gasteiger partial charge in [-0.25, -0.2) is 8.42 Å². The maximum absolute atomic E-state index is 13.0. The fourth-order valence-electron chi connectivity index (χ4n) is 2.31. The first-order valence-electron chi connectivity index (χ1n) is 7.72. The van der Waals surface area contributed by atoms with E-state index < -0.39 is 10.0 Å². The molecule has 1 unspecified atom stereocenters. The quantitative estimate of drug-likeness (QED) is 0.583. The molecule has 0 radical (unpaired) electrons. The van der Waals surface area contributed by atoms with Crippen LogP contribution in [0.5, 0.6) is 0 Å². The Morgan fingerprint density at radius 3 is 2.26 bits per heavy atom. The molecule has 0 spiro atoms. The Kier molecular flexibility index (Phi) is 6.61. The Labute approximate surface area is 141 Å². The van der Waals surface area contributed by atoms with Crippen molar-refractivity contribution in [2.24, 2.45) is 5.41 Å². The van der Waals surface area contributed by atoms with Crippen molar-refractivity contribution in [1.29, 1.82) is 0 Å². The van der Waals surface area contributed by atoms with Crippen LogP contribution in [0, 0.1) is 24.2 Å². The highest BCUT2D eigenvalue weighted by molar-refractivity contribution is 7.89. The molecule has 3 nitrogen and oxygen atoms in total. The summed E-state index contributed by atoms with van der Waals surface area (Å²) >= 11 is 0. The van der Waals surface area contributed by atoms with Crippen molar-refractivity contribution in [3.63, 3.8) is 0 Å². The van der Waals surface area contributed by atoms with Gasteiger partial charge in [0, 0.05) is 6.04 Å². The number of benzene rings is 1. The van der Waals surface area contributed by atoms with Crippen molar-refractivity contribution in [3.05, 3.63) is 42.5 Å². The number of sulfonamides is 1. The molecule has 0 heterocycles. The number of rotatable bonds is 6. The molecule has 0 fully saturated rings. The Hall–Kier alpha value is -1.57. The van der Waals surface area contributed by atoms with Gasteiger partial charge in [-0.2, -0.15) is 4.31 Å². The maximum atomic E-state index is 13.0. The summed E-state index contributed by atoms with van der Waals surface area (Å²) in [4.78, 5) is 0.293. The molecular weight excluding hydrogens is 306 g/mol. The fourth-order valence-corrected chi connectivity index (χ4v) is 3.82. The van der Waals surface area contributed by atoms with Crippen molar-refractivity contribution >= 4 is 10.0 Å². The van der Waals surface area contributed by atoms with Gasteiger partial charge in [-0.15, -0.1) is 12.5 Å². The van der Waals surface area contributed by atoms with E-state index >= 15 is 0 Å². The van der Waals surface area contributed by atoms with Gasteiger partial charge in [0.05, 0.1) is 11.4 Å². The molecule has 4 heteroatoms. The van der Waals surface area contributed by atoms with Crippen LogP contribution < -0.4 is 0 Å². The molecule has 0 aromatic heterocycles. The van der Waals surface area contributed by atoms with Crippen molar-refractivity contribution in [1.82, 2.24) is 4.31 Å². The Balaban J connectivity index is 3.29. The maximum Gasteiger partial charge on any atom is 0.244 e. The lowest BCUT2D eigenvalue weighted by Gasteiger charge is -2.32. The van der Waals surface area contributed by atoms with Gasteiger partial charge in [-0.05, 0) is 37.8 Å². The number of nitrogens with zero attached hydrogens (tertiary/aromatic N) is 1. The minimum atomic E-state index is -3.61. The van der Waals surface area contributed by atoms with Crippen LogP contribution in [0.3, 0.4) is 0 Å². The van der Waals surface area contributed by atoms with Gasteiger partial charge >= 0.3 is 0 Å². The second-order valence-corrected chi connectivity index (χ2v) is 8.75. The van der Waals surface area contributed by atoms with E-state index in [-0.39, 0.29) is 18.0 Å². The molecule has 0 aliphatic heterocycles. The summed E-state index contributed by atoms with van der Waals surface area (Å²) in [7, 11) is -3.61.